The molecule has 0 bridgehead atoms. The summed E-state index contributed by atoms with van der Waals surface area (Å²) in [6.07, 6.45) is 4.12. The Labute approximate surface area is 212 Å². The molecule has 1 aromatic heterocycles. The number of methoxy groups -OCH3 is 1. The number of ether oxygens (including phenoxy) is 1. The van der Waals surface area contributed by atoms with Gasteiger partial charge in [-0.25, -0.2) is 8.78 Å². The van der Waals surface area contributed by atoms with E-state index < -0.39 is 17.0 Å². The van der Waals surface area contributed by atoms with Gasteiger partial charge in [0.1, 0.15) is 17.4 Å². The molecule has 6 nitrogen and oxygen atoms in total. The molecule has 3 aromatic carbocycles. The third-order valence-electron chi connectivity index (χ3n) is 7.41. The maximum Gasteiger partial charge on any atom is 0.235 e. The topological polar surface area (TPSA) is 70.2 Å². The summed E-state index contributed by atoms with van der Waals surface area (Å²) in [7, 11) is 5.15. The Bertz CT molecular complexity index is 1570. The maximum atomic E-state index is 14.4. The van der Waals surface area contributed by atoms with Crippen LogP contribution >= 0.6 is 0 Å². The quantitative estimate of drug-likeness (QED) is 0.369. The Morgan fingerprint density at radius 2 is 1.89 bits per heavy atom. The van der Waals surface area contributed by atoms with Crippen molar-refractivity contribution in [2.24, 2.45) is 0 Å². The summed E-state index contributed by atoms with van der Waals surface area (Å²) < 4.78 is 34.3. The van der Waals surface area contributed by atoms with Gasteiger partial charge < -0.3 is 15.0 Å². The lowest BCUT2D eigenvalue weighted by Gasteiger charge is -2.12. The maximum absolute atomic E-state index is 14.4. The fourth-order valence-corrected chi connectivity index (χ4v) is 5.46. The number of hydrogen-bond acceptors (Lipinski definition) is 4. The minimum Gasteiger partial charge on any atom is -0.497 e. The first-order valence-electron chi connectivity index (χ1n) is 12.1. The molecule has 2 atom stereocenters. The Hall–Kier alpha value is -4.04. The Kier molecular flexibility index (Phi) is 5.38. The first-order valence-corrected chi connectivity index (χ1v) is 12.1. The lowest BCUT2D eigenvalue weighted by molar-refractivity contribution is -0.118. The second-order valence-corrected chi connectivity index (χ2v) is 10.0. The van der Waals surface area contributed by atoms with Crippen LogP contribution < -0.4 is 10.1 Å². The molecular weight excluding hydrogens is 474 g/mol. The van der Waals surface area contributed by atoms with Gasteiger partial charge in [0.2, 0.25) is 5.91 Å². The van der Waals surface area contributed by atoms with Crippen LogP contribution in [-0.4, -0.2) is 42.2 Å². The Balaban J connectivity index is 1.26. The largest absolute Gasteiger partial charge is 0.497 e. The molecule has 1 aliphatic heterocycles. The molecule has 37 heavy (non-hydrogen) atoms. The van der Waals surface area contributed by atoms with Crippen molar-refractivity contribution in [3.63, 3.8) is 0 Å². The summed E-state index contributed by atoms with van der Waals surface area (Å²) in [6, 6.07) is 14.4. The standard InChI is InChI=1S/C29H26F2N4O2/c1-35(2)15-20-23(30)10-16(11-24(20)31)4-8-25-19-7-5-17(12-27(19)34-33-25)22-14-29(22)21-13-18(37-3)6-9-26(21)32-28(29)36/h4-13,22H,14-15H2,1-3H3,(H,32,36)(H,33,34)/t22-,29-/m0/s1. The van der Waals surface area contributed by atoms with Crippen LogP contribution in [-0.2, 0) is 16.8 Å². The van der Waals surface area contributed by atoms with E-state index in [1.807, 2.05) is 36.4 Å². The van der Waals surface area contributed by atoms with Crippen molar-refractivity contribution in [2.75, 3.05) is 26.5 Å². The number of nitrogens with zero attached hydrogens (tertiary/aromatic N) is 2. The van der Waals surface area contributed by atoms with Crippen molar-refractivity contribution >= 4 is 34.6 Å². The van der Waals surface area contributed by atoms with E-state index >= 15 is 0 Å². The molecule has 2 N–H and O–H groups in total. The molecule has 1 amide bonds. The van der Waals surface area contributed by atoms with Crippen LogP contribution in [0.4, 0.5) is 14.5 Å². The van der Waals surface area contributed by atoms with Crippen molar-refractivity contribution in [3.8, 4) is 5.75 Å². The second-order valence-electron chi connectivity index (χ2n) is 10.0. The van der Waals surface area contributed by atoms with E-state index in [0.29, 0.717) is 11.3 Å². The average Bonchev–Trinajstić information content (AvgIpc) is 3.41. The fourth-order valence-electron chi connectivity index (χ4n) is 5.46. The number of aromatic amines is 1. The highest BCUT2D eigenvalue weighted by Gasteiger charge is 2.65. The number of benzene rings is 3. The normalized spacial score (nSPS) is 20.3. The van der Waals surface area contributed by atoms with Gasteiger partial charge in [-0.05, 0) is 79.7 Å². The van der Waals surface area contributed by atoms with Crippen molar-refractivity contribution in [2.45, 2.75) is 24.3 Å². The molecule has 0 saturated heterocycles. The van der Waals surface area contributed by atoms with Gasteiger partial charge in [0, 0.05) is 29.1 Å². The van der Waals surface area contributed by atoms with Crippen molar-refractivity contribution in [1.29, 1.82) is 0 Å². The third kappa shape index (κ3) is 3.79. The molecule has 188 valence electrons. The number of rotatable bonds is 6. The minimum atomic E-state index is -0.576. The van der Waals surface area contributed by atoms with Gasteiger partial charge in [0.15, 0.2) is 0 Å². The number of hydrogen-bond donors (Lipinski definition) is 2. The number of nitrogens with one attached hydrogen (secondary N) is 2. The summed E-state index contributed by atoms with van der Waals surface area (Å²) >= 11 is 0. The van der Waals surface area contributed by atoms with Crippen LogP contribution in [0, 0.1) is 11.6 Å². The lowest BCUT2D eigenvalue weighted by atomic mass is 9.91. The number of anilines is 1. The van der Waals surface area contributed by atoms with Gasteiger partial charge in [0.05, 0.1) is 23.7 Å². The summed E-state index contributed by atoms with van der Waals surface area (Å²) in [4.78, 5) is 14.7. The Morgan fingerprint density at radius 3 is 2.62 bits per heavy atom. The molecule has 1 aliphatic carbocycles. The number of halogens is 2. The van der Waals surface area contributed by atoms with Gasteiger partial charge in [-0.1, -0.05) is 18.2 Å². The van der Waals surface area contributed by atoms with Crippen molar-refractivity contribution < 1.29 is 18.3 Å². The predicted molar refractivity (Wildman–Crippen MR) is 139 cm³/mol. The van der Waals surface area contributed by atoms with E-state index in [-0.39, 0.29) is 23.9 Å². The Morgan fingerprint density at radius 1 is 1.11 bits per heavy atom. The highest BCUT2D eigenvalue weighted by molar-refractivity contribution is 6.10. The first kappa shape index (κ1) is 23.4. The van der Waals surface area contributed by atoms with Crippen LogP contribution in [0.2, 0.25) is 0 Å². The van der Waals surface area contributed by atoms with Crippen LogP contribution in [0.15, 0.2) is 48.5 Å². The summed E-state index contributed by atoms with van der Waals surface area (Å²) in [5, 5.41) is 11.3. The molecule has 0 radical (unpaired) electrons. The molecule has 2 heterocycles. The minimum absolute atomic E-state index is 0.0187. The summed E-state index contributed by atoms with van der Waals surface area (Å²) in [5.41, 5.74) is 4.27. The highest BCUT2D eigenvalue weighted by atomic mass is 19.1. The van der Waals surface area contributed by atoms with E-state index in [9.17, 15) is 13.6 Å². The number of fused-ring (bicyclic) bond motifs is 3. The number of amides is 1. The summed E-state index contributed by atoms with van der Waals surface area (Å²) in [6.45, 7) is 0.192. The van der Waals surface area contributed by atoms with Gasteiger partial charge in [-0.2, -0.15) is 5.10 Å². The second kappa shape index (κ2) is 8.52. The molecule has 0 unspecified atom stereocenters. The van der Waals surface area contributed by atoms with Crippen LogP contribution in [0.25, 0.3) is 23.1 Å². The van der Waals surface area contributed by atoms with Gasteiger partial charge in [-0.15, -0.1) is 0 Å². The van der Waals surface area contributed by atoms with Crippen molar-refractivity contribution in [3.05, 3.63) is 88.1 Å². The predicted octanol–water partition coefficient (Wildman–Crippen LogP) is 5.46. The fraction of sp³-hybridized carbons (Fsp3) is 0.241. The average molecular weight is 501 g/mol. The molecule has 1 saturated carbocycles. The summed E-state index contributed by atoms with van der Waals surface area (Å²) in [5.74, 6) is -0.339. The van der Waals surface area contributed by atoms with E-state index in [1.165, 1.54) is 12.1 Å². The smallest absolute Gasteiger partial charge is 0.235 e. The number of H-pyrrole nitrogens is 1. The number of carbonyl (C=O) groups is 1. The lowest BCUT2D eigenvalue weighted by Crippen LogP contribution is -2.21. The molecule has 1 fully saturated rings. The highest BCUT2D eigenvalue weighted by Crippen LogP contribution is 2.65. The zero-order chi connectivity index (χ0) is 25.9. The SMILES string of the molecule is COc1ccc2c(c1)[C@]1(C[C@H]1c1ccc3c(C=Cc4cc(F)c(CN(C)C)c(F)c4)n[nH]c3c1)C(=O)N2. The molecule has 6 rings (SSSR count). The molecule has 1 spiro atoms. The van der Waals surface area contributed by atoms with Gasteiger partial charge in [0.25, 0.3) is 0 Å². The molecular formula is C29H26F2N4O2. The zero-order valence-electron chi connectivity index (χ0n) is 20.7. The van der Waals surface area contributed by atoms with Crippen LogP contribution in [0.5, 0.6) is 5.75 Å². The number of aromatic nitrogens is 2. The van der Waals surface area contributed by atoms with E-state index in [2.05, 4.69) is 15.5 Å². The zero-order valence-corrected chi connectivity index (χ0v) is 20.7. The van der Waals surface area contributed by atoms with Crippen LogP contribution in [0.3, 0.4) is 0 Å². The monoisotopic (exact) mass is 500 g/mol. The van der Waals surface area contributed by atoms with E-state index in [0.717, 1.165) is 39.9 Å². The van der Waals surface area contributed by atoms with Gasteiger partial charge >= 0.3 is 0 Å². The van der Waals surface area contributed by atoms with Gasteiger partial charge in [-0.3, -0.25) is 9.89 Å². The molecule has 4 aromatic rings. The first-order chi connectivity index (χ1) is 17.8. The van der Waals surface area contributed by atoms with E-state index in [1.54, 1.807) is 38.3 Å². The number of carbonyl (C=O) groups excluding carboxylic acids is 1. The van der Waals surface area contributed by atoms with E-state index in [4.69, 9.17) is 4.74 Å². The molecule has 8 heteroatoms. The molecule has 2 aliphatic rings. The van der Waals surface area contributed by atoms with Crippen molar-refractivity contribution in [1.82, 2.24) is 15.1 Å². The van der Waals surface area contributed by atoms with Crippen LogP contribution in [0.1, 0.15) is 40.3 Å². The third-order valence-corrected chi connectivity index (χ3v) is 7.41.